The highest BCUT2D eigenvalue weighted by Gasteiger charge is 2.15. The number of hydrogen-bond acceptors (Lipinski definition) is 6. The zero-order valence-electron chi connectivity index (χ0n) is 17.2. The van der Waals surface area contributed by atoms with Gasteiger partial charge in [-0.3, -0.25) is 9.59 Å². The Morgan fingerprint density at radius 3 is 2.24 bits per heavy atom. The summed E-state index contributed by atoms with van der Waals surface area (Å²) >= 11 is 0. The van der Waals surface area contributed by atoms with Crippen molar-refractivity contribution < 1.29 is 28.5 Å². The molecule has 0 saturated carbocycles. The molecule has 0 radical (unpaired) electrons. The van der Waals surface area contributed by atoms with Crippen molar-refractivity contribution >= 4 is 17.5 Å². The molecule has 2 aromatic carbocycles. The summed E-state index contributed by atoms with van der Waals surface area (Å²) in [7, 11) is 4.52. The Kier molecular flexibility index (Phi) is 7.70. The predicted octanol–water partition coefficient (Wildman–Crippen LogP) is 2.87. The van der Waals surface area contributed by atoms with Crippen molar-refractivity contribution in [1.82, 2.24) is 5.32 Å². The fourth-order valence-corrected chi connectivity index (χ4v) is 2.53. The maximum atomic E-state index is 12.6. The molecule has 0 atom stereocenters. The molecule has 156 valence electrons. The van der Waals surface area contributed by atoms with Crippen LogP contribution in [0.1, 0.15) is 24.2 Å². The molecule has 29 heavy (non-hydrogen) atoms. The third-order valence-corrected chi connectivity index (χ3v) is 3.89. The summed E-state index contributed by atoms with van der Waals surface area (Å²) < 4.78 is 21.2. The van der Waals surface area contributed by atoms with Crippen molar-refractivity contribution in [3.05, 3.63) is 42.0 Å². The van der Waals surface area contributed by atoms with Gasteiger partial charge in [0.15, 0.2) is 18.1 Å². The molecule has 0 heterocycles. The van der Waals surface area contributed by atoms with Crippen LogP contribution < -0.4 is 29.6 Å². The number of carbonyl (C=O) groups excluding carboxylic acids is 2. The summed E-state index contributed by atoms with van der Waals surface area (Å²) in [6, 6.07) is 9.82. The highest BCUT2D eigenvalue weighted by Crippen LogP contribution is 2.31. The van der Waals surface area contributed by atoms with Crippen LogP contribution in [-0.2, 0) is 4.79 Å². The van der Waals surface area contributed by atoms with Crippen LogP contribution in [0.25, 0.3) is 0 Å². The van der Waals surface area contributed by atoms with Gasteiger partial charge in [0.2, 0.25) is 0 Å². The van der Waals surface area contributed by atoms with E-state index in [1.165, 1.54) is 14.2 Å². The number of rotatable bonds is 9. The topological polar surface area (TPSA) is 95.1 Å². The second kappa shape index (κ2) is 10.2. The van der Waals surface area contributed by atoms with Crippen molar-refractivity contribution in [2.24, 2.45) is 0 Å². The Balaban J connectivity index is 2.12. The summed E-state index contributed by atoms with van der Waals surface area (Å²) in [5.74, 6) is 1.21. The van der Waals surface area contributed by atoms with Gasteiger partial charge in [-0.25, -0.2) is 0 Å². The zero-order chi connectivity index (χ0) is 21.4. The van der Waals surface area contributed by atoms with E-state index in [0.29, 0.717) is 34.2 Å². The average Bonchev–Trinajstić information content (AvgIpc) is 2.71. The van der Waals surface area contributed by atoms with Gasteiger partial charge in [-0.2, -0.15) is 0 Å². The van der Waals surface area contributed by atoms with Gasteiger partial charge in [0.25, 0.3) is 11.8 Å². The SMILES string of the molecule is COc1ccc(NC(=O)c2ccc(OCC(=O)NC(C)C)c(OC)c2)c(OC)c1. The maximum Gasteiger partial charge on any atom is 0.258 e. The van der Waals surface area contributed by atoms with Crippen molar-refractivity contribution in [3.63, 3.8) is 0 Å². The quantitative estimate of drug-likeness (QED) is 0.670. The molecule has 2 rings (SSSR count). The lowest BCUT2D eigenvalue weighted by Crippen LogP contribution is -2.34. The fourth-order valence-electron chi connectivity index (χ4n) is 2.53. The molecule has 0 aliphatic carbocycles. The molecule has 8 heteroatoms. The van der Waals surface area contributed by atoms with Crippen LogP contribution in [0.5, 0.6) is 23.0 Å². The third kappa shape index (κ3) is 6.03. The van der Waals surface area contributed by atoms with E-state index in [4.69, 9.17) is 18.9 Å². The smallest absolute Gasteiger partial charge is 0.258 e. The Morgan fingerprint density at radius 2 is 1.62 bits per heavy atom. The molecule has 0 aromatic heterocycles. The van der Waals surface area contributed by atoms with Gasteiger partial charge < -0.3 is 29.6 Å². The number of hydrogen-bond donors (Lipinski definition) is 2. The standard InChI is InChI=1S/C21H26N2O6/c1-13(2)22-20(24)12-29-17-9-6-14(10-19(17)28-5)21(25)23-16-8-7-15(26-3)11-18(16)27-4/h6-11,13H,12H2,1-5H3,(H,22,24)(H,23,25). The minimum atomic E-state index is -0.351. The minimum Gasteiger partial charge on any atom is -0.497 e. The van der Waals surface area contributed by atoms with Crippen LogP contribution in [0.2, 0.25) is 0 Å². The Labute approximate surface area is 170 Å². The van der Waals surface area contributed by atoms with Crippen LogP contribution >= 0.6 is 0 Å². The lowest BCUT2D eigenvalue weighted by atomic mass is 10.1. The molecular weight excluding hydrogens is 376 g/mol. The van der Waals surface area contributed by atoms with E-state index in [-0.39, 0.29) is 24.5 Å². The Morgan fingerprint density at radius 1 is 0.897 bits per heavy atom. The van der Waals surface area contributed by atoms with E-state index < -0.39 is 0 Å². The summed E-state index contributed by atoms with van der Waals surface area (Å²) in [4.78, 5) is 24.4. The first kappa shape index (κ1) is 21.9. The fraction of sp³-hybridized carbons (Fsp3) is 0.333. The van der Waals surface area contributed by atoms with Gasteiger partial charge in [-0.1, -0.05) is 0 Å². The third-order valence-electron chi connectivity index (χ3n) is 3.89. The number of methoxy groups -OCH3 is 3. The molecule has 2 N–H and O–H groups in total. The van der Waals surface area contributed by atoms with E-state index >= 15 is 0 Å². The van der Waals surface area contributed by atoms with Crippen LogP contribution in [0, 0.1) is 0 Å². The number of amides is 2. The molecule has 0 bridgehead atoms. The van der Waals surface area contributed by atoms with Gasteiger partial charge in [0.05, 0.1) is 27.0 Å². The van der Waals surface area contributed by atoms with Crippen molar-refractivity contribution in [3.8, 4) is 23.0 Å². The van der Waals surface area contributed by atoms with E-state index in [2.05, 4.69) is 10.6 Å². The number of carbonyl (C=O) groups is 2. The first-order chi connectivity index (χ1) is 13.9. The molecule has 8 nitrogen and oxygen atoms in total. The number of ether oxygens (including phenoxy) is 4. The van der Waals surface area contributed by atoms with Gasteiger partial charge >= 0.3 is 0 Å². The second-order valence-corrected chi connectivity index (χ2v) is 6.40. The molecule has 2 aromatic rings. The van der Waals surface area contributed by atoms with Crippen LogP contribution in [0.3, 0.4) is 0 Å². The summed E-state index contributed by atoms with van der Waals surface area (Å²) in [5, 5.41) is 5.53. The number of anilines is 1. The number of benzene rings is 2. The molecular formula is C21H26N2O6. The second-order valence-electron chi connectivity index (χ2n) is 6.40. The summed E-state index contributed by atoms with van der Waals surface area (Å²) in [5.41, 5.74) is 0.863. The van der Waals surface area contributed by atoms with Crippen LogP contribution in [0.4, 0.5) is 5.69 Å². The largest absolute Gasteiger partial charge is 0.497 e. The maximum absolute atomic E-state index is 12.6. The highest BCUT2D eigenvalue weighted by atomic mass is 16.5. The van der Waals surface area contributed by atoms with Gasteiger partial charge in [-0.05, 0) is 44.2 Å². The molecule has 0 unspecified atom stereocenters. The van der Waals surface area contributed by atoms with Gasteiger partial charge in [0.1, 0.15) is 11.5 Å². The zero-order valence-corrected chi connectivity index (χ0v) is 17.2. The van der Waals surface area contributed by atoms with E-state index in [1.54, 1.807) is 43.5 Å². The summed E-state index contributed by atoms with van der Waals surface area (Å²) in [6.07, 6.45) is 0. The highest BCUT2D eigenvalue weighted by molar-refractivity contribution is 6.05. The van der Waals surface area contributed by atoms with E-state index in [9.17, 15) is 9.59 Å². The Bertz CT molecular complexity index is 866. The predicted molar refractivity (Wildman–Crippen MR) is 109 cm³/mol. The first-order valence-electron chi connectivity index (χ1n) is 9.01. The molecule has 0 saturated heterocycles. The lowest BCUT2D eigenvalue weighted by molar-refractivity contribution is -0.123. The normalized spacial score (nSPS) is 10.3. The van der Waals surface area contributed by atoms with Crippen molar-refractivity contribution in [2.45, 2.75) is 19.9 Å². The van der Waals surface area contributed by atoms with Gasteiger partial charge in [0, 0.05) is 17.7 Å². The summed E-state index contributed by atoms with van der Waals surface area (Å²) in [6.45, 7) is 3.58. The lowest BCUT2D eigenvalue weighted by Gasteiger charge is -2.14. The van der Waals surface area contributed by atoms with Gasteiger partial charge in [-0.15, -0.1) is 0 Å². The van der Waals surface area contributed by atoms with E-state index in [0.717, 1.165) is 0 Å². The van der Waals surface area contributed by atoms with Crippen LogP contribution in [-0.4, -0.2) is 45.8 Å². The average molecular weight is 402 g/mol. The molecule has 0 aliphatic rings. The van der Waals surface area contributed by atoms with Crippen LogP contribution in [0.15, 0.2) is 36.4 Å². The molecule has 0 aliphatic heterocycles. The van der Waals surface area contributed by atoms with Crippen molar-refractivity contribution in [2.75, 3.05) is 33.3 Å². The number of nitrogens with one attached hydrogen (secondary N) is 2. The minimum absolute atomic E-state index is 0.0222. The molecule has 2 amide bonds. The Hall–Kier alpha value is -3.42. The monoisotopic (exact) mass is 402 g/mol. The molecule has 0 spiro atoms. The van der Waals surface area contributed by atoms with E-state index in [1.807, 2.05) is 13.8 Å². The first-order valence-corrected chi connectivity index (χ1v) is 9.01. The molecule has 0 fully saturated rings. The van der Waals surface area contributed by atoms with Crippen molar-refractivity contribution in [1.29, 1.82) is 0 Å².